The second-order valence-electron chi connectivity index (χ2n) is 16.6. The van der Waals surface area contributed by atoms with Gasteiger partial charge < -0.3 is 60.6 Å². The molecule has 0 aliphatic heterocycles. The normalized spacial score (nSPS) is 12.4. The van der Waals surface area contributed by atoms with Crippen LogP contribution in [-0.2, 0) is 57.3 Å². The Morgan fingerprint density at radius 2 is 1.06 bits per heavy atom. The van der Waals surface area contributed by atoms with E-state index in [4.69, 9.17) is 34.3 Å². The van der Waals surface area contributed by atoms with Crippen molar-refractivity contribution in [1.29, 1.82) is 0 Å². The molecule has 0 radical (unpaired) electrons. The monoisotopic (exact) mass is 991 g/mol. The quantitative estimate of drug-likeness (QED) is 0.0404. The van der Waals surface area contributed by atoms with Crippen LogP contribution in [0.3, 0.4) is 0 Å². The lowest BCUT2D eigenvalue weighted by Crippen LogP contribution is -2.37. The minimum atomic E-state index is -1.23. The Morgan fingerprint density at radius 3 is 1.59 bits per heavy atom. The molecule has 8 N–H and O–H groups in total. The number of carboxylic acid groups (broad SMARTS) is 3. The summed E-state index contributed by atoms with van der Waals surface area (Å²) in [4.78, 5) is 93.7. The van der Waals surface area contributed by atoms with Crippen molar-refractivity contribution in [3.63, 3.8) is 0 Å². The van der Waals surface area contributed by atoms with Gasteiger partial charge in [-0.05, 0) is 32.1 Å². The predicted molar refractivity (Wildman–Crippen MR) is 256 cm³/mol. The van der Waals surface area contributed by atoms with Crippen molar-refractivity contribution >= 4 is 59.0 Å². The van der Waals surface area contributed by atoms with E-state index < -0.39 is 42.4 Å². The largest absolute Gasteiger partial charge is 0.481 e. The summed E-state index contributed by atoms with van der Waals surface area (Å²) in [7, 11) is 0. The zero-order valence-corrected chi connectivity index (χ0v) is 41.2. The van der Waals surface area contributed by atoms with Gasteiger partial charge in [-0.2, -0.15) is 11.8 Å². The van der Waals surface area contributed by atoms with Crippen molar-refractivity contribution < 1.29 is 77.7 Å². The van der Waals surface area contributed by atoms with Crippen LogP contribution in [0.15, 0.2) is 12.3 Å². The van der Waals surface area contributed by atoms with Crippen LogP contribution in [0.5, 0.6) is 0 Å². The van der Waals surface area contributed by atoms with Crippen molar-refractivity contribution in [2.24, 2.45) is 11.8 Å². The molecular weight excluding hydrogens is 909 g/mol. The van der Waals surface area contributed by atoms with Gasteiger partial charge in [-0.15, -0.1) is 0 Å². The van der Waals surface area contributed by atoms with Gasteiger partial charge in [-0.3, -0.25) is 33.6 Å². The molecule has 3 atom stereocenters. The summed E-state index contributed by atoms with van der Waals surface area (Å²) in [6, 6.07) is -0.873. The van der Waals surface area contributed by atoms with Crippen LogP contribution in [0.4, 0.5) is 0 Å². The lowest BCUT2D eigenvalue weighted by molar-refractivity contribution is -0.145. The van der Waals surface area contributed by atoms with Crippen LogP contribution in [0.1, 0.15) is 129 Å². The Balaban J connectivity index is 3.71. The van der Waals surface area contributed by atoms with E-state index in [1.54, 1.807) is 6.92 Å². The van der Waals surface area contributed by atoms with E-state index in [0.717, 1.165) is 38.5 Å². The van der Waals surface area contributed by atoms with E-state index in [-0.39, 0.29) is 133 Å². The number of carbonyl (C=O) groups excluding carboxylic acids is 5. The van der Waals surface area contributed by atoms with Gasteiger partial charge >= 0.3 is 17.9 Å². The first-order chi connectivity index (χ1) is 32.7. The molecule has 3 amide bonds. The van der Waals surface area contributed by atoms with Gasteiger partial charge in [0.2, 0.25) is 17.7 Å². The molecule has 0 spiro atoms. The summed E-state index contributed by atoms with van der Waals surface area (Å²) >= 11 is 1.22. The zero-order valence-electron chi connectivity index (χ0n) is 40.4. The maximum Gasteiger partial charge on any atom is 0.326 e. The number of carboxylic acids is 3. The van der Waals surface area contributed by atoms with Gasteiger partial charge in [0.1, 0.15) is 30.8 Å². The summed E-state index contributed by atoms with van der Waals surface area (Å²) in [5.74, 6) is -5.49. The third-order valence-electron chi connectivity index (χ3n) is 10.5. The van der Waals surface area contributed by atoms with Crippen LogP contribution in [0, 0.1) is 11.8 Å². The van der Waals surface area contributed by atoms with Crippen molar-refractivity contribution in [3.05, 3.63) is 12.3 Å². The summed E-state index contributed by atoms with van der Waals surface area (Å²) in [5, 5.41) is 47.2. The van der Waals surface area contributed by atoms with E-state index in [1.807, 2.05) is 0 Å². The van der Waals surface area contributed by atoms with Crippen LogP contribution in [0.25, 0.3) is 0 Å². The molecular formula is C47H82N4O16S. The number of hydrogen-bond acceptors (Lipinski definition) is 15. The van der Waals surface area contributed by atoms with Gasteiger partial charge in [-0.25, -0.2) is 4.79 Å². The summed E-state index contributed by atoms with van der Waals surface area (Å²) < 4.78 is 21.4. The molecule has 68 heavy (non-hydrogen) atoms. The van der Waals surface area contributed by atoms with Gasteiger partial charge in [0.15, 0.2) is 0 Å². The Morgan fingerprint density at radius 1 is 0.559 bits per heavy atom. The summed E-state index contributed by atoms with van der Waals surface area (Å²) in [5.41, 5.74) is 0.669. The Kier molecular flexibility index (Phi) is 41.4. The Bertz CT molecular complexity index is 1450. The molecule has 21 heteroatoms. The number of hydrogen-bond donors (Lipinski definition) is 8. The number of aliphatic hydroxyl groups is 1. The van der Waals surface area contributed by atoms with Gasteiger partial charge in [-0.1, -0.05) is 77.7 Å². The van der Waals surface area contributed by atoms with Crippen LogP contribution in [0.2, 0.25) is 0 Å². The lowest BCUT2D eigenvalue weighted by atomic mass is 9.97. The average molecular weight is 991 g/mol. The van der Waals surface area contributed by atoms with Crippen molar-refractivity contribution in [1.82, 2.24) is 21.3 Å². The maximum atomic E-state index is 12.4. The molecule has 0 saturated heterocycles. The van der Waals surface area contributed by atoms with E-state index in [1.165, 1.54) is 50.3 Å². The number of nitrogens with one attached hydrogen (secondary N) is 4. The zero-order chi connectivity index (χ0) is 50.6. The number of rotatable bonds is 50. The third kappa shape index (κ3) is 40.9. The highest BCUT2D eigenvalue weighted by molar-refractivity contribution is 7.99. The first kappa shape index (κ1) is 63.8. The molecule has 20 nitrogen and oxygen atoms in total. The highest BCUT2D eigenvalue weighted by Crippen LogP contribution is 2.16. The summed E-state index contributed by atoms with van der Waals surface area (Å²) in [6.45, 7) is 6.58. The molecule has 392 valence electrons. The highest BCUT2D eigenvalue weighted by atomic mass is 32.2. The molecule has 0 aromatic rings. The Hall–Kier alpha value is -4.15. The third-order valence-corrected chi connectivity index (χ3v) is 11.7. The number of aliphatic carboxylic acids is 3. The van der Waals surface area contributed by atoms with Crippen LogP contribution >= 0.6 is 11.8 Å². The number of ether oxygens (including phenoxy) is 4. The van der Waals surface area contributed by atoms with Crippen molar-refractivity contribution in [3.8, 4) is 0 Å². The standard InChI is InChI=1S/C47H82N4O16S/c1-36(41(54)30-38(31-52)46(60)61)34-68-35-44(57)49-22-21-48-42(55)32-67-29-27-65-25-23-50-43(56)33-66-28-26-64-24-15-17-39(53)19-20-40(47(62)63)51-37(2)16-13-11-9-7-5-3-4-6-8-10-12-14-18-45(58)59/h36,38,40,51-52H,2-35H2,1H3,(H,48,55)(H,49,57)(H,50,56)(H,58,59)(H,60,61)(H,62,63)/t36-,38-,40-/m0/s1. The first-order valence-corrected chi connectivity index (χ1v) is 25.3. The molecule has 0 aliphatic rings. The second kappa shape index (κ2) is 44.1. The molecule has 0 saturated carbocycles. The fourth-order valence-corrected chi connectivity index (χ4v) is 7.39. The van der Waals surface area contributed by atoms with E-state index >= 15 is 0 Å². The number of allylic oxidation sites excluding steroid dienone is 1. The van der Waals surface area contributed by atoms with Crippen LogP contribution < -0.4 is 21.3 Å². The van der Waals surface area contributed by atoms with Crippen molar-refractivity contribution in [2.45, 2.75) is 135 Å². The minimum Gasteiger partial charge on any atom is -0.481 e. The second-order valence-corrected chi connectivity index (χ2v) is 17.7. The number of carbonyl (C=O) groups is 8. The van der Waals surface area contributed by atoms with E-state index in [9.17, 15) is 43.5 Å². The Labute approximate surface area is 406 Å². The van der Waals surface area contributed by atoms with Gasteiger partial charge in [0, 0.05) is 69.3 Å². The molecule has 0 unspecified atom stereocenters. The molecule has 0 aromatic carbocycles. The fourth-order valence-electron chi connectivity index (χ4n) is 6.44. The number of Topliss-reactive ketones (excluding diaryl/α,β-unsaturated/α-hetero) is 2. The SMILES string of the molecule is C=C(CCCCCCCCCCCCCCC(=O)O)N[C@@H](CCC(=O)CCCOCCOCC(=O)NCCOCCOCC(=O)NCCNC(=O)CSC[C@H](C)C(=O)C[C@@H](CO)C(=O)O)C(=O)O. The molecule has 0 fully saturated rings. The van der Waals surface area contributed by atoms with E-state index in [2.05, 4.69) is 27.8 Å². The topological polar surface area (TPSA) is 303 Å². The number of unbranched alkanes of at least 4 members (excludes halogenated alkanes) is 11. The van der Waals surface area contributed by atoms with Gasteiger partial charge in [0.25, 0.3) is 0 Å². The van der Waals surface area contributed by atoms with Crippen molar-refractivity contribution in [2.75, 3.05) is 90.6 Å². The molecule has 0 aromatic heterocycles. The summed E-state index contributed by atoms with van der Waals surface area (Å²) in [6.07, 6.45) is 14.9. The molecule has 0 aliphatic carbocycles. The number of ketones is 2. The number of aliphatic hydroxyl groups excluding tert-OH is 1. The molecule has 0 rings (SSSR count). The minimum absolute atomic E-state index is 0.0437. The van der Waals surface area contributed by atoms with Crippen LogP contribution in [-0.4, -0.2) is 164 Å². The smallest absolute Gasteiger partial charge is 0.326 e. The molecule has 0 bridgehead atoms. The highest BCUT2D eigenvalue weighted by Gasteiger charge is 2.24. The van der Waals surface area contributed by atoms with E-state index in [0.29, 0.717) is 30.9 Å². The molecule has 0 heterocycles. The number of thioether (sulfide) groups is 1. The fraction of sp³-hybridized carbons (Fsp3) is 0.787. The predicted octanol–water partition coefficient (Wildman–Crippen LogP) is 3.66. The average Bonchev–Trinajstić information content (AvgIpc) is 3.29. The maximum absolute atomic E-state index is 12.4. The first-order valence-electron chi connectivity index (χ1n) is 24.1. The lowest BCUT2D eigenvalue weighted by Gasteiger charge is -2.17. The van der Waals surface area contributed by atoms with Gasteiger partial charge in [0.05, 0.1) is 51.3 Å². The number of amides is 3.